The van der Waals surface area contributed by atoms with Crippen LogP contribution in [-0.2, 0) is 0 Å². The van der Waals surface area contributed by atoms with Crippen molar-refractivity contribution in [1.29, 1.82) is 0 Å². The number of nitrogens with zero attached hydrogens (tertiary/aromatic N) is 1. The average molecular weight is 186 g/mol. The predicted octanol–water partition coefficient (Wildman–Crippen LogP) is 1.80. The average Bonchev–Trinajstić information content (AvgIpc) is 2.13. The maximum absolute atomic E-state index is 8.63. The van der Waals surface area contributed by atoms with Crippen molar-refractivity contribution in [3.05, 3.63) is 12.7 Å². The van der Waals surface area contributed by atoms with Crippen LogP contribution >= 0.6 is 0 Å². The molecule has 0 saturated carbocycles. The predicted molar refractivity (Wildman–Crippen MR) is 57.6 cm³/mol. The molecule has 13 heavy (non-hydrogen) atoms. The van der Waals surface area contributed by atoms with E-state index in [9.17, 15) is 0 Å². The van der Waals surface area contributed by atoms with Crippen molar-refractivity contribution in [3.8, 4) is 0 Å². The van der Waals surface area contributed by atoms with Gasteiger partial charge in [0.2, 0.25) is 0 Å². The first-order chi connectivity index (χ1) is 6.18. The second kappa shape index (κ2) is 7.10. The standard InChI is InChI=1S/C11H24NO/c1-4-9-12(3,5-2)10-7-6-8-11-13/h4,13H,1,5-11H2,2-3H3/q+1. The van der Waals surface area contributed by atoms with Gasteiger partial charge in [-0.2, -0.15) is 0 Å². The van der Waals surface area contributed by atoms with Gasteiger partial charge in [-0.25, -0.2) is 0 Å². The van der Waals surface area contributed by atoms with Crippen molar-refractivity contribution in [1.82, 2.24) is 0 Å². The molecule has 1 N–H and O–H groups in total. The first-order valence-electron chi connectivity index (χ1n) is 5.24. The van der Waals surface area contributed by atoms with Gasteiger partial charge >= 0.3 is 0 Å². The molecule has 0 aromatic heterocycles. The highest BCUT2D eigenvalue weighted by Crippen LogP contribution is 2.06. The first-order valence-corrected chi connectivity index (χ1v) is 5.24. The van der Waals surface area contributed by atoms with Crippen LogP contribution in [0.25, 0.3) is 0 Å². The third kappa shape index (κ3) is 5.83. The van der Waals surface area contributed by atoms with Gasteiger partial charge < -0.3 is 9.59 Å². The van der Waals surface area contributed by atoms with Crippen LogP contribution in [0.2, 0.25) is 0 Å². The number of hydrogen-bond acceptors (Lipinski definition) is 1. The monoisotopic (exact) mass is 186 g/mol. The fraction of sp³-hybridized carbons (Fsp3) is 0.818. The third-order valence-corrected chi connectivity index (χ3v) is 2.69. The van der Waals surface area contributed by atoms with Crippen LogP contribution in [0.5, 0.6) is 0 Å². The number of aliphatic hydroxyl groups is 1. The molecule has 0 aliphatic heterocycles. The van der Waals surface area contributed by atoms with Gasteiger partial charge in [0.15, 0.2) is 0 Å². The molecular weight excluding hydrogens is 162 g/mol. The highest BCUT2D eigenvalue weighted by Gasteiger charge is 2.15. The number of quaternary nitrogens is 1. The zero-order chi connectivity index (χ0) is 10.2. The van der Waals surface area contributed by atoms with E-state index in [1.807, 2.05) is 6.08 Å². The summed E-state index contributed by atoms with van der Waals surface area (Å²) in [4.78, 5) is 0. The van der Waals surface area contributed by atoms with E-state index in [1.54, 1.807) is 0 Å². The Morgan fingerprint density at radius 2 is 2.00 bits per heavy atom. The van der Waals surface area contributed by atoms with Crippen LogP contribution < -0.4 is 0 Å². The summed E-state index contributed by atoms with van der Waals surface area (Å²) in [6, 6.07) is 0. The molecule has 0 aromatic carbocycles. The van der Waals surface area contributed by atoms with Crippen molar-refractivity contribution in [3.63, 3.8) is 0 Å². The van der Waals surface area contributed by atoms with Gasteiger partial charge in [-0.05, 0) is 32.3 Å². The summed E-state index contributed by atoms with van der Waals surface area (Å²) >= 11 is 0. The molecule has 0 spiro atoms. The molecule has 0 amide bonds. The van der Waals surface area contributed by atoms with E-state index in [1.165, 1.54) is 13.0 Å². The van der Waals surface area contributed by atoms with E-state index in [0.29, 0.717) is 6.61 Å². The molecule has 1 unspecified atom stereocenters. The Labute approximate surface area is 82.5 Å². The lowest BCUT2D eigenvalue weighted by Gasteiger charge is -2.32. The van der Waals surface area contributed by atoms with Gasteiger partial charge in [0.1, 0.15) is 0 Å². The fourth-order valence-electron chi connectivity index (χ4n) is 1.47. The summed E-state index contributed by atoms with van der Waals surface area (Å²) in [5.74, 6) is 0. The smallest absolute Gasteiger partial charge is 0.0968 e. The molecule has 0 radical (unpaired) electrons. The molecule has 78 valence electrons. The van der Waals surface area contributed by atoms with E-state index >= 15 is 0 Å². The van der Waals surface area contributed by atoms with Crippen LogP contribution in [0.1, 0.15) is 26.2 Å². The molecule has 1 atom stereocenters. The molecule has 0 aliphatic rings. The molecule has 0 rings (SSSR count). The van der Waals surface area contributed by atoms with E-state index in [4.69, 9.17) is 5.11 Å². The van der Waals surface area contributed by atoms with Crippen molar-refractivity contribution in [2.45, 2.75) is 26.2 Å². The quantitative estimate of drug-likeness (QED) is 0.348. The van der Waals surface area contributed by atoms with Gasteiger partial charge in [-0.3, -0.25) is 0 Å². The topological polar surface area (TPSA) is 20.2 Å². The lowest BCUT2D eigenvalue weighted by atomic mass is 10.2. The summed E-state index contributed by atoms with van der Waals surface area (Å²) in [7, 11) is 2.26. The molecular formula is C11H24NO+. The number of rotatable bonds is 8. The van der Waals surface area contributed by atoms with Crippen molar-refractivity contribution in [2.75, 3.05) is 33.3 Å². The molecule has 0 aliphatic carbocycles. The Hall–Kier alpha value is -0.340. The molecule has 0 saturated heterocycles. The summed E-state index contributed by atoms with van der Waals surface area (Å²) < 4.78 is 1.08. The minimum Gasteiger partial charge on any atom is -0.396 e. The number of likely N-dealkylation sites (N-methyl/N-ethyl adjacent to an activating group) is 1. The van der Waals surface area contributed by atoms with Crippen molar-refractivity contribution >= 4 is 0 Å². The maximum Gasteiger partial charge on any atom is 0.0968 e. The summed E-state index contributed by atoms with van der Waals surface area (Å²) in [5.41, 5.74) is 0. The maximum atomic E-state index is 8.63. The first kappa shape index (κ1) is 12.7. The summed E-state index contributed by atoms with van der Waals surface area (Å²) in [5, 5.41) is 8.63. The van der Waals surface area contributed by atoms with Gasteiger partial charge in [0.25, 0.3) is 0 Å². The lowest BCUT2D eigenvalue weighted by Crippen LogP contribution is -2.44. The fourth-order valence-corrected chi connectivity index (χ4v) is 1.47. The highest BCUT2D eigenvalue weighted by atomic mass is 16.2. The van der Waals surface area contributed by atoms with Gasteiger partial charge in [0.05, 0.1) is 26.7 Å². The zero-order valence-corrected chi connectivity index (χ0v) is 9.13. The number of aliphatic hydroxyl groups excluding tert-OH is 1. The Morgan fingerprint density at radius 1 is 1.31 bits per heavy atom. The van der Waals surface area contributed by atoms with E-state index < -0.39 is 0 Å². The summed E-state index contributed by atoms with van der Waals surface area (Å²) in [6.45, 7) is 9.74. The highest BCUT2D eigenvalue weighted by molar-refractivity contribution is 4.65. The van der Waals surface area contributed by atoms with Gasteiger partial charge in [-0.1, -0.05) is 6.58 Å². The normalized spacial score (nSPS) is 15.3. The van der Waals surface area contributed by atoms with E-state index in [-0.39, 0.29) is 0 Å². The largest absolute Gasteiger partial charge is 0.396 e. The van der Waals surface area contributed by atoms with Crippen LogP contribution in [0.3, 0.4) is 0 Å². The molecule has 0 bridgehead atoms. The second-order valence-electron chi connectivity index (χ2n) is 3.91. The lowest BCUT2D eigenvalue weighted by molar-refractivity contribution is -0.902. The molecule has 2 heteroatoms. The van der Waals surface area contributed by atoms with E-state index in [2.05, 4.69) is 20.6 Å². The Morgan fingerprint density at radius 3 is 2.46 bits per heavy atom. The Bertz CT molecular complexity index is 136. The summed E-state index contributed by atoms with van der Waals surface area (Å²) in [6.07, 6.45) is 5.29. The SMILES string of the molecule is C=CC[N+](C)(CC)CCCCCO. The van der Waals surface area contributed by atoms with Crippen LogP contribution in [0, 0.1) is 0 Å². The third-order valence-electron chi connectivity index (χ3n) is 2.69. The van der Waals surface area contributed by atoms with Crippen molar-refractivity contribution < 1.29 is 9.59 Å². The zero-order valence-electron chi connectivity index (χ0n) is 9.13. The van der Waals surface area contributed by atoms with Crippen molar-refractivity contribution in [2.24, 2.45) is 0 Å². The minimum absolute atomic E-state index is 0.331. The van der Waals surface area contributed by atoms with Crippen LogP contribution in [0.4, 0.5) is 0 Å². The molecule has 0 heterocycles. The molecule has 0 fully saturated rings. The molecule has 0 aromatic rings. The van der Waals surface area contributed by atoms with Crippen LogP contribution in [-0.4, -0.2) is 42.9 Å². The van der Waals surface area contributed by atoms with Gasteiger partial charge in [0, 0.05) is 6.61 Å². The minimum atomic E-state index is 0.331. The van der Waals surface area contributed by atoms with Crippen LogP contribution in [0.15, 0.2) is 12.7 Å². The Kier molecular flexibility index (Phi) is 6.92. The number of unbranched alkanes of at least 4 members (excludes halogenated alkanes) is 2. The van der Waals surface area contributed by atoms with Gasteiger partial charge in [-0.15, -0.1) is 0 Å². The number of hydrogen-bond donors (Lipinski definition) is 1. The van der Waals surface area contributed by atoms with E-state index in [0.717, 1.165) is 30.4 Å². The Balaban J connectivity index is 3.63. The second-order valence-corrected chi connectivity index (χ2v) is 3.91. The molecule has 2 nitrogen and oxygen atoms in total.